The summed E-state index contributed by atoms with van der Waals surface area (Å²) in [6, 6.07) is 3.07. The SMILES string of the molecule is CCONC(=O)CCC(=O)c1cc(Br)c(C)cc1O. The molecular weight excluding hydrogens is 314 g/mol. The molecule has 1 aromatic carbocycles. The number of hydrogen-bond acceptors (Lipinski definition) is 4. The van der Waals surface area contributed by atoms with Gasteiger partial charge in [-0.1, -0.05) is 15.9 Å². The number of amides is 1. The Morgan fingerprint density at radius 1 is 1.37 bits per heavy atom. The lowest BCUT2D eigenvalue weighted by atomic mass is 10.0. The van der Waals surface area contributed by atoms with E-state index >= 15 is 0 Å². The number of aryl methyl sites for hydroxylation is 1. The van der Waals surface area contributed by atoms with Crippen molar-refractivity contribution in [3.63, 3.8) is 0 Å². The minimum Gasteiger partial charge on any atom is -0.507 e. The molecule has 0 saturated heterocycles. The van der Waals surface area contributed by atoms with Gasteiger partial charge in [-0.15, -0.1) is 0 Å². The van der Waals surface area contributed by atoms with Crippen LogP contribution in [0.25, 0.3) is 0 Å². The van der Waals surface area contributed by atoms with Crippen LogP contribution in [0.3, 0.4) is 0 Å². The smallest absolute Gasteiger partial charge is 0.243 e. The van der Waals surface area contributed by atoms with Gasteiger partial charge in [-0.2, -0.15) is 0 Å². The molecule has 0 aliphatic carbocycles. The Balaban J connectivity index is 2.64. The number of phenols is 1. The van der Waals surface area contributed by atoms with E-state index in [-0.39, 0.29) is 35.8 Å². The molecule has 1 rings (SSSR count). The minimum absolute atomic E-state index is 0.0158. The minimum atomic E-state index is -0.360. The molecule has 6 heteroatoms. The van der Waals surface area contributed by atoms with Crippen molar-refractivity contribution in [1.82, 2.24) is 5.48 Å². The third kappa shape index (κ3) is 4.65. The van der Waals surface area contributed by atoms with Crippen LogP contribution >= 0.6 is 15.9 Å². The van der Waals surface area contributed by atoms with Gasteiger partial charge in [0.15, 0.2) is 5.78 Å². The van der Waals surface area contributed by atoms with Gasteiger partial charge in [-0.05, 0) is 31.5 Å². The average Bonchev–Trinajstić information content (AvgIpc) is 2.37. The Hall–Kier alpha value is -1.40. The second-order valence-corrected chi connectivity index (χ2v) is 4.85. The summed E-state index contributed by atoms with van der Waals surface area (Å²) in [5.74, 6) is -0.721. The van der Waals surface area contributed by atoms with E-state index in [1.165, 1.54) is 6.07 Å². The predicted molar refractivity (Wildman–Crippen MR) is 73.9 cm³/mol. The highest BCUT2D eigenvalue weighted by molar-refractivity contribution is 9.10. The molecule has 19 heavy (non-hydrogen) atoms. The zero-order chi connectivity index (χ0) is 14.4. The van der Waals surface area contributed by atoms with Gasteiger partial charge in [0.1, 0.15) is 5.75 Å². The fraction of sp³-hybridized carbons (Fsp3) is 0.385. The zero-order valence-electron chi connectivity index (χ0n) is 10.8. The van der Waals surface area contributed by atoms with E-state index in [0.29, 0.717) is 6.61 Å². The molecule has 1 aromatic rings. The van der Waals surface area contributed by atoms with Gasteiger partial charge in [0.25, 0.3) is 0 Å². The summed E-state index contributed by atoms with van der Waals surface area (Å²) in [6.45, 7) is 3.92. The molecule has 1 amide bonds. The molecule has 5 nitrogen and oxygen atoms in total. The Morgan fingerprint density at radius 2 is 2.05 bits per heavy atom. The second-order valence-electron chi connectivity index (χ2n) is 4.00. The Kier molecular flexibility index (Phi) is 5.98. The Morgan fingerprint density at radius 3 is 2.68 bits per heavy atom. The second kappa shape index (κ2) is 7.25. The third-order valence-electron chi connectivity index (χ3n) is 2.49. The molecular formula is C13H16BrNO4. The summed E-state index contributed by atoms with van der Waals surface area (Å²) in [5.41, 5.74) is 3.26. The van der Waals surface area contributed by atoms with E-state index in [2.05, 4.69) is 21.4 Å². The van der Waals surface area contributed by atoms with Crippen LogP contribution in [-0.4, -0.2) is 23.4 Å². The summed E-state index contributed by atoms with van der Waals surface area (Å²) in [5, 5.41) is 9.73. The zero-order valence-corrected chi connectivity index (χ0v) is 12.4. The molecule has 2 N–H and O–H groups in total. The molecule has 0 saturated carbocycles. The van der Waals surface area contributed by atoms with Crippen LogP contribution < -0.4 is 5.48 Å². The van der Waals surface area contributed by atoms with Crippen LogP contribution in [0.1, 0.15) is 35.7 Å². The highest BCUT2D eigenvalue weighted by Gasteiger charge is 2.14. The maximum absolute atomic E-state index is 11.9. The van der Waals surface area contributed by atoms with Crippen molar-refractivity contribution in [3.05, 3.63) is 27.7 Å². The number of hydrogen-bond donors (Lipinski definition) is 2. The van der Waals surface area contributed by atoms with E-state index in [0.717, 1.165) is 10.0 Å². The summed E-state index contributed by atoms with van der Waals surface area (Å²) in [6.07, 6.45) is 0.0335. The molecule has 0 heterocycles. The lowest BCUT2D eigenvalue weighted by Gasteiger charge is -2.07. The number of phenolic OH excluding ortho intramolecular Hbond substituents is 1. The summed E-state index contributed by atoms with van der Waals surface area (Å²) in [4.78, 5) is 27.9. The first-order valence-electron chi connectivity index (χ1n) is 5.88. The maximum atomic E-state index is 11.9. The van der Waals surface area contributed by atoms with Crippen molar-refractivity contribution in [2.45, 2.75) is 26.7 Å². The summed E-state index contributed by atoms with van der Waals surface area (Å²) >= 11 is 3.30. The fourth-order valence-electron chi connectivity index (χ4n) is 1.46. The van der Waals surface area contributed by atoms with Crippen LogP contribution in [-0.2, 0) is 9.63 Å². The van der Waals surface area contributed by atoms with Gasteiger partial charge in [-0.3, -0.25) is 14.4 Å². The summed E-state index contributed by atoms with van der Waals surface area (Å²) < 4.78 is 0.743. The van der Waals surface area contributed by atoms with Crippen LogP contribution in [0, 0.1) is 6.92 Å². The van der Waals surface area contributed by atoms with Crippen molar-refractivity contribution in [3.8, 4) is 5.75 Å². The number of rotatable bonds is 6. The van der Waals surface area contributed by atoms with Crippen molar-refractivity contribution in [2.75, 3.05) is 6.61 Å². The van der Waals surface area contributed by atoms with Gasteiger partial charge >= 0.3 is 0 Å². The van der Waals surface area contributed by atoms with Gasteiger partial charge < -0.3 is 5.11 Å². The number of benzene rings is 1. The van der Waals surface area contributed by atoms with Gasteiger partial charge in [0, 0.05) is 17.3 Å². The monoisotopic (exact) mass is 329 g/mol. The van der Waals surface area contributed by atoms with Crippen molar-refractivity contribution < 1.29 is 19.5 Å². The number of carbonyl (C=O) groups excluding carboxylic acids is 2. The number of Topliss-reactive ketones (excluding diaryl/α,β-unsaturated/α-hetero) is 1. The largest absolute Gasteiger partial charge is 0.507 e. The number of halogens is 1. The van der Waals surface area contributed by atoms with Crippen molar-refractivity contribution in [1.29, 1.82) is 0 Å². The number of hydroxylamine groups is 1. The standard InChI is InChI=1S/C13H16BrNO4/c1-3-19-15-13(18)5-4-11(16)9-7-10(14)8(2)6-12(9)17/h6-7,17H,3-5H2,1-2H3,(H,15,18). The average molecular weight is 330 g/mol. The highest BCUT2D eigenvalue weighted by Crippen LogP contribution is 2.27. The molecule has 0 unspecified atom stereocenters. The van der Waals surface area contributed by atoms with E-state index in [4.69, 9.17) is 4.84 Å². The number of aromatic hydroxyl groups is 1. The van der Waals surface area contributed by atoms with Crippen LogP contribution in [0.5, 0.6) is 5.75 Å². The highest BCUT2D eigenvalue weighted by atomic mass is 79.9. The van der Waals surface area contributed by atoms with Gasteiger partial charge in [0.2, 0.25) is 5.91 Å². The van der Waals surface area contributed by atoms with Gasteiger partial charge in [0.05, 0.1) is 12.2 Å². The molecule has 0 aliphatic rings. The lowest BCUT2D eigenvalue weighted by molar-refractivity contribution is -0.133. The first-order chi connectivity index (χ1) is 8.95. The number of carbonyl (C=O) groups is 2. The molecule has 0 bridgehead atoms. The quantitative estimate of drug-likeness (QED) is 0.621. The third-order valence-corrected chi connectivity index (χ3v) is 3.34. The van der Waals surface area contributed by atoms with E-state index < -0.39 is 0 Å². The van der Waals surface area contributed by atoms with Crippen LogP contribution in [0.2, 0.25) is 0 Å². The predicted octanol–water partition coefficient (Wildman–Crippen LogP) is 2.49. The Bertz CT molecular complexity index is 488. The topological polar surface area (TPSA) is 75.6 Å². The molecule has 0 atom stereocenters. The first kappa shape index (κ1) is 15.7. The normalized spacial score (nSPS) is 10.3. The van der Waals surface area contributed by atoms with Crippen LogP contribution in [0.15, 0.2) is 16.6 Å². The number of nitrogens with one attached hydrogen (secondary N) is 1. The molecule has 0 aromatic heterocycles. The lowest BCUT2D eigenvalue weighted by Crippen LogP contribution is -2.24. The number of ketones is 1. The summed E-state index contributed by atoms with van der Waals surface area (Å²) in [7, 11) is 0. The Labute approximate surface area is 120 Å². The van der Waals surface area contributed by atoms with Gasteiger partial charge in [-0.25, -0.2) is 5.48 Å². The molecule has 0 fully saturated rings. The maximum Gasteiger partial charge on any atom is 0.243 e. The fourth-order valence-corrected chi connectivity index (χ4v) is 1.80. The molecule has 0 aliphatic heterocycles. The van der Waals surface area contributed by atoms with E-state index in [1.54, 1.807) is 13.0 Å². The molecule has 104 valence electrons. The van der Waals surface area contributed by atoms with E-state index in [1.807, 2.05) is 6.92 Å². The van der Waals surface area contributed by atoms with Crippen molar-refractivity contribution in [2.24, 2.45) is 0 Å². The molecule has 0 spiro atoms. The molecule has 0 radical (unpaired) electrons. The van der Waals surface area contributed by atoms with Crippen LogP contribution in [0.4, 0.5) is 0 Å². The first-order valence-corrected chi connectivity index (χ1v) is 6.68. The van der Waals surface area contributed by atoms with E-state index in [9.17, 15) is 14.7 Å². The van der Waals surface area contributed by atoms with Crippen molar-refractivity contribution >= 4 is 27.6 Å².